The molecule has 3 aromatic carbocycles. The zero-order chi connectivity index (χ0) is 18.1. The van der Waals surface area contributed by atoms with E-state index in [4.69, 9.17) is 4.42 Å². The number of carbonyl (C=O) groups is 1. The summed E-state index contributed by atoms with van der Waals surface area (Å²) in [5.74, 6) is -0.545. The zero-order valence-electron chi connectivity index (χ0n) is 13.7. The minimum atomic E-state index is -0.562. The van der Waals surface area contributed by atoms with Crippen molar-refractivity contribution in [2.75, 3.05) is 0 Å². The molecule has 4 aromatic rings. The number of ketones is 1. The average Bonchev–Trinajstić information content (AvgIpc) is 2.71. The minimum Gasteiger partial charge on any atom is -0.502 e. The lowest BCUT2D eigenvalue weighted by Crippen LogP contribution is -2.06. The van der Waals surface area contributed by atoms with Gasteiger partial charge in [0.25, 0.3) is 0 Å². The molecular weight excluding hydrogens is 328 g/mol. The number of aromatic hydroxyl groups is 1. The van der Waals surface area contributed by atoms with E-state index in [9.17, 15) is 14.7 Å². The van der Waals surface area contributed by atoms with Crippen molar-refractivity contribution in [1.29, 1.82) is 0 Å². The molecule has 4 rings (SSSR count). The van der Waals surface area contributed by atoms with Crippen molar-refractivity contribution in [2.45, 2.75) is 0 Å². The van der Waals surface area contributed by atoms with Gasteiger partial charge in [-0.2, -0.15) is 0 Å². The van der Waals surface area contributed by atoms with Crippen LogP contribution in [0.15, 0.2) is 88.1 Å². The fraction of sp³-hybridized carbons (Fsp3) is 0. The van der Waals surface area contributed by atoms with Gasteiger partial charge in [0, 0.05) is 16.7 Å². The first-order valence-corrected chi connectivity index (χ1v) is 8.10. The maximum Gasteiger partial charge on any atom is 0.235 e. The number of carbonyl (C=O) groups excluding carboxylic acids is 1. The van der Waals surface area contributed by atoms with Crippen LogP contribution in [-0.4, -0.2) is 10.9 Å². The van der Waals surface area contributed by atoms with Crippen molar-refractivity contribution >= 4 is 16.8 Å². The van der Waals surface area contributed by atoms with E-state index in [1.54, 1.807) is 60.7 Å². The van der Waals surface area contributed by atoms with Crippen molar-refractivity contribution < 1.29 is 14.3 Å². The number of hydrogen-bond donors (Lipinski definition) is 1. The minimum absolute atomic E-state index is 0.116. The lowest BCUT2D eigenvalue weighted by atomic mass is 10.0. The molecule has 1 heterocycles. The van der Waals surface area contributed by atoms with Gasteiger partial charge in [0.15, 0.2) is 11.5 Å². The molecule has 4 nitrogen and oxygen atoms in total. The van der Waals surface area contributed by atoms with Crippen LogP contribution in [0, 0.1) is 0 Å². The highest BCUT2D eigenvalue weighted by Crippen LogP contribution is 2.30. The molecule has 0 amide bonds. The Kier molecular flexibility index (Phi) is 3.86. The smallest absolute Gasteiger partial charge is 0.235 e. The number of hydrogen-bond acceptors (Lipinski definition) is 4. The van der Waals surface area contributed by atoms with Crippen LogP contribution in [0.2, 0.25) is 0 Å². The summed E-state index contributed by atoms with van der Waals surface area (Å²) in [7, 11) is 0. The third-order valence-electron chi connectivity index (χ3n) is 4.20. The van der Waals surface area contributed by atoms with Gasteiger partial charge in [0.2, 0.25) is 11.2 Å². The van der Waals surface area contributed by atoms with E-state index in [2.05, 4.69) is 0 Å². The number of benzene rings is 3. The van der Waals surface area contributed by atoms with E-state index in [1.807, 2.05) is 12.1 Å². The second kappa shape index (κ2) is 6.33. The number of rotatable bonds is 3. The molecule has 1 aromatic heterocycles. The van der Waals surface area contributed by atoms with Crippen LogP contribution in [0.1, 0.15) is 15.9 Å². The van der Waals surface area contributed by atoms with Crippen molar-refractivity contribution in [3.05, 3.63) is 100 Å². The summed E-state index contributed by atoms with van der Waals surface area (Å²) in [6, 6.07) is 22.4. The van der Waals surface area contributed by atoms with Gasteiger partial charge in [-0.3, -0.25) is 9.59 Å². The Morgan fingerprint density at radius 3 is 2.15 bits per heavy atom. The Morgan fingerprint density at radius 1 is 0.808 bits per heavy atom. The molecule has 0 spiro atoms. The molecule has 26 heavy (non-hydrogen) atoms. The predicted octanol–water partition coefficient (Wildman–Crippen LogP) is 4.40. The van der Waals surface area contributed by atoms with E-state index < -0.39 is 11.2 Å². The molecule has 0 atom stereocenters. The summed E-state index contributed by atoms with van der Waals surface area (Å²) in [6.07, 6.45) is 0. The highest BCUT2D eigenvalue weighted by atomic mass is 16.4. The second-order valence-electron chi connectivity index (χ2n) is 5.88. The molecular formula is C22H14O4. The lowest BCUT2D eigenvalue weighted by molar-refractivity contribution is 0.103. The van der Waals surface area contributed by atoms with Crippen molar-refractivity contribution in [3.8, 4) is 17.1 Å². The van der Waals surface area contributed by atoms with Gasteiger partial charge in [0.1, 0.15) is 5.58 Å². The molecule has 0 radical (unpaired) electrons. The zero-order valence-corrected chi connectivity index (χ0v) is 13.7. The summed E-state index contributed by atoms with van der Waals surface area (Å²) in [6.45, 7) is 0. The van der Waals surface area contributed by atoms with E-state index in [1.165, 1.54) is 6.07 Å². The molecule has 0 unspecified atom stereocenters. The Balaban J connectivity index is 1.87. The summed E-state index contributed by atoms with van der Waals surface area (Å²) in [4.78, 5) is 25.2. The van der Waals surface area contributed by atoms with Gasteiger partial charge in [-0.15, -0.1) is 0 Å². The quantitative estimate of drug-likeness (QED) is 0.561. The monoisotopic (exact) mass is 342 g/mol. The van der Waals surface area contributed by atoms with Gasteiger partial charge >= 0.3 is 0 Å². The van der Waals surface area contributed by atoms with Crippen LogP contribution in [0.25, 0.3) is 22.3 Å². The van der Waals surface area contributed by atoms with Crippen molar-refractivity contribution in [2.24, 2.45) is 0 Å². The van der Waals surface area contributed by atoms with E-state index in [0.29, 0.717) is 22.3 Å². The van der Waals surface area contributed by atoms with Crippen molar-refractivity contribution in [1.82, 2.24) is 0 Å². The van der Waals surface area contributed by atoms with Crippen LogP contribution >= 0.6 is 0 Å². The van der Waals surface area contributed by atoms with Gasteiger partial charge in [-0.1, -0.05) is 60.7 Å². The maximum atomic E-state index is 12.6. The Labute approximate surface area is 149 Å². The van der Waals surface area contributed by atoms with Crippen LogP contribution < -0.4 is 5.43 Å². The normalized spacial score (nSPS) is 10.8. The molecule has 0 fully saturated rings. The topological polar surface area (TPSA) is 67.5 Å². The molecule has 0 saturated heterocycles. The third-order valence-corrected chi connectivity index (χ3v) is 4.20. The maximum absolute atomic E-state index is 12.6. The second-order valence-corrected chi connectivity index (χ2v) is 5.88. The van der Waals surface area contributed by atoms with Crippen molar-refractivity contribution in [3.63, 3.8) is 0 Å². The summed E-state index contributed by atoms with van der Waals surface area (Å²) in [5.41, 5.74) is 1.25. The van der Waals surface area contributed by atoms with E-state index >= 15 is 0 Å². The highest BCUT2D eigenvalue weighted by molar-refractivity contribution is 6.10. The molecule has 4 heteroatoms. The van der Waals surface area contributed by atoms with Crippen LogP contribution in [0.4, 0.5) is 0 Å². The van der Waals surface area contributed by atoms with Gasteiger partial charge in [-0.05, 0) is 18.2 Å². The molecule has 0 saturated carbocycles. The molecule has 0 bridgehead atoms. The first-order valence-electron chi connectivity index (χ1n) is 8.10. The largest absolute Gasteiger partial charge is 0.502 e. The third kappa shape index (κ3) is 2.67. The SMILES string of the molecule is O=C(c1ccccc1)c1ccc2oc(-c3ccccc3)c(O)c(=O)c2c1. The average molecular weight is 342 g/mol. The van der Waals surface area contributed by atoms with Crippen LogP contribution in [-0.2, 0) is 0 Å². The van der Waals surface area contributed by atoms with E-state index in [-0.39, 0.29) is 16.9 Å². The standard InChI is InChI=1S/C22H14O4/c23-19(14-7-3-1-4-8-14)16-11-12-18-17(13-16)20(24)21(25)22(26-18)15-9-5-2-6-10-15/h1-13,25H. The van der Waals surface area contributed by atoms with E-state index in [0.717, 1.165) is 0 Å². The molecule has 126 valence electrons. The first kappa shape index (κ1) is 15.8. The summed E-state index contributed by atoms with van der Waals surface area (Å²) >= 11 is 0. The first-order chi connectivity index (χ1) is 12.6. The number of fused-ring (bicyclic) bond motifs is 1. The molecule has 0 aliphatic heterocycles. The summed E-state index contributed by atoms with van der Waals surface area (Å²) in [5, 5.41) is 10.5. The Bertz CT molecular complexity index is 1160. The molecule has 0 aliphatic rings. The molecule has 1 N–H and O–H groups in total. The fourth-order valence-electron chi connectivity index (χ4n) is 2.87. The van der Waals surface area contributed by atoms with Crippen LogP contribution in [0.3, 0.4) is 0 Å². The van der Waals surface area contributed by atoms with Gasteiger partial charge in [0.05, 0.1) is 5.39 Å². The van der Waals surface area contributed by atoms with Crippen LogP contribution in [0.5, 0.6) is 5.75 Å². The molecule has 0 aliphatic carbocycles. The van der Waals surface area contributed by atoms with Gasteiger partial charge in [-0.25, -0.2) is 0 Å². The fourth-order valence-corrected chi connectivity index (χ4v) is 2.87. The van der Waals surface area contributed by atoms with Gasteiger partial charge < -0.3 is 9.52 Å². The Hall–Kier alpha value is -3.66. The predicted molar refractivity (Wildman–Crippen MR) is 99.5 cm³/mol. The highest BCUT2D eigenvalue weighted by Gasteiger charge is 2.17. The summed E-state index contributed by atoms with van der Waals surface area (Å²) < 4.78 is 5.74. The lowest BCUT2D eigenvalue weighted by Gasteiger charge is -2.07. The Morgan fingerprint density at radius 2 is 1.46 bits per heavy atom.